The zero-order chi connectivity index (χ0) is 17.6. The molecular formula is C18H15F2N3O2. The van der Waals surface area contributed by atoms with E-state index < -0.39 is 17.0 Å². The summed E-state index contributed by atoms with van der Waals surface area (Å²) < 4.78 is 28.1. The second kappa shape index (κ2) is 4.40. The van der Waals surface area contributed by atoms with Gasteiger partial charge in [0.2, 0.25) is 0 Å². The maximum absolute atomic E-state index is 14.1. The van der Waals surface area contributed by atoms with E-state index in [1.54, 1.807) is 6.07 Å². The van der Waals surface area contributed by atoms with Crippen LogP contribution in [0.5, 0.6) is 0 Å². The number of hydrogen-bond acceptors (Lipinski definition) is 4. The summed E-state index contributed by atoms with van der Waals surface area (Å²) in [6, 6.07) is 5.38. The number of benzene rings is 1. The van der Waals surface area contributed by atoms with E-state index >= 15 is 0 Å². The number of nitrogens with one attached hydrogen (secondary N) is 1. The predicted molar refractivity (Wildman–Crippen MR) is 83.2 cm³/mol. The molecule has 3 aliphatic rings. The van der Waals surface area contributed by atoms with Gasteiger partial charge >= 0.3 is 0 Å². The first-order valence-corrected chi connectivity index (χ1v) is 8.13. The molecule has 1 amide bonds. The standard InChI is InChI=1S/C18H15F2N3O2/c1-17-9-7-13(17)18(17,16(24)23-25-2)15-8(9)6-12(21-22-15)14-10(19)4-3-5-11(14)20/h3-6,9,13H,7H2,1-2H3,(H,23,24)/t9-,13?,17+,18?/m1/s1. The van der Waals surface area contributed by atoms with Crippen molar-refractivity contribution >= 4 is 5.91 Å². The smallest absolute Gasteiger partial charge is 0.256 e. The second-order valence-corrected chi connectivity index (χ2v) is 7.20. The quantitative estimate of drug-likeness (QED) is 0.870. The Bertz CT molecular complexity index is 930. The average molecular weight is 343 g/mol. The van der Waals surface area contributed by atoms with Crippen LogP contribution in [0.2, 0.25) is 0 Å². The molecule has 128 valence electrons. The van der Waals surface area contributed by atoms with Crippen LogP contribution in [-0.2, 0) is 15.0 Å². The Labute approximate surface area is 142 Å². The summed E-state index contributed by atoms with van der Waals surface area (Å²) in [7, 11) is 1.39. The highest BCUT2D eigenvalue weighted by Crippen LogP contribution is 2.89. The average Bonchev–Trinajstić information content (AvgIpc) is 2.93. The number of carbonyl (C=O) groups is 1. The molecule has 0 aliphatic heterocycles. The fourth-order valence-electron chi connectivity index (χ4n) is 5.39. The Morgan fingerprint density at radius 2 is 2.04 bits per heavy atom. The van der Waals surface area contributed by atoms with Gasteiger partial charge in [-0.25, -0.2) is 14.3 Å². The van der Waals surface area contributed by atoms with Crippen molar-refractivity contribution in [1.82, 2.24) is 15.7 Å². The van der Waals surface area contributed by atoms with Gasteiger partial charge in [0.25, 0.3) is 5.91 Å². The lowest BCUT2D eigenvalue weighted by Crippen LogP contribution is -2.37. The maximum Gasteiger partial charge on any atom is 0.256 e. The van der Waals surface area contributed by atoms with Gasteiger partial charge in [0.05, 0.1) is 24.1 Å². The third-order valence-corrected chi connectivity index (χ3v) is 6.55. The summed E-state index contributed by atoms with van der Waals surface area (Å²) >= 11 is 0. The number of amides is 1. The molecule has 0 bridgehead atoms. The normalized spacial score (nSPS) is 33.3. The van der Waals surface area contributed by atoms with Crippen LogP contribution in [0.25, 0.3) is 11.3 Å². The van der Waals surface area contributed by atoms with Crippen molar-refractivity contribution in [2.45, 2.75) is 24.7 Å². The van der Waals surface area contributed by atoms with E-state index in [1.807, 2.05) is 0 Å². The molecule has 3 aliphatic carbocycles. The molecule has 1 N–H and O–H groups in total. The Balaban J connectivity index is 1.66. The second-order valence-electron chi connectivity index (χ2n) is 7.20. The number of nitrogens with zero attached hydrogens (tertiary/aromatic N) is 2. The van der Waals surface area contributed by atoms with Crippen molar-refractivity contribution in [1.29, 1.82) is 0 Å². The summed E-state index contributed by atoms with van der Waals surface area (Å²) in [5, 5.41) is 8.28. The largest absolute Gasteiger partial charge is 0.277 e. The Morgan fingerprint density at radius 3 is 2.72 bits per heavy atom. The molecule has 2 aromatic rings. The van der Waals surface area contributed by atoms with Crippen LogP contribution in [0, 0.1) is 23.0 Å². The molecule has 1 aromatic carbocycles. The number of aromatic nitrogens is 2. The Hall–Kier alpha value is -2.41. The van der Waals surface area contributed by atoms with Crippen LogP contribution < -0.4 is 5.48 Å². The summed E-state index contributed by atoms with van der Waals surface area (Å²) in [5.41, 5.74) is 2.94. The van der Waals surface area contributed by atoms with E-state index in [0.717, 1.165) is 12.0 Å². The molecule has 25 heavy (non-hydrogen) atoms. The highest BCUT2D eigenvalue weighted by Gasteiger charge is 2.91. The van der Waals surface area contributed by atoms with E-state index in [2.05, 4.69) is 22.6 Å². The number of halogens is 2. The molecule has 2 saturated carbocycles. The van der Waals surface area contributed by atoms with Crippen LogP contribution >= 0.6 is 0 Å². The highest BCUT2D eigenvalue weighted by molar-refractivity contribution is 5.97. The van der Waals surface area contributed by atoms with Crippen LogP contribution in [0.1, 0.15) is 30.5 Å². The monoisotopic (exact) mass is 343 g/mol. The van der Waals surface area contributed by atoms with Crippen LogP contribution in [0.3, 0.4) is 0 Å². The van der Waals surface area contributed by atoms with Crippen molar-refractivity contribution in [2.24, 2.45) is 11.3 Å². The number of rotatable bonds is 3. The molecule has 5 nitrogen and oxygen atoms in total. The molecular weight excluding hydrogens is 328 g/mol. The minimum Gasteiger partial charge on any atom is -0.277 e. The molecule has 4 atom stereocenters. The lowest BCUT2D eigenvalue weighted by Gasteiger charge is -2.32. The Kier molecular flexibility index (Phi) is 2.62. The van der Waals surface area contributed by atoms with Gasteiger partial charge < -0.3 is 0 Å². The summed E-state index contributed by atoms with van der Waals surface area (Å²) in [6.45, 7) is 2.06. The highest BCUT2D eigenvalue weighted by atomic mass is 19.1. The SMILES string of the molecule is CONC(=O)C12c3nnc(-c4c(F)cccc4F)cc3[C@H]3CC1[C@]32C. The van der Waals surface area contributed by atoms with Crippen LogP contribution in [0.4, 0.5) is 8.78 Å². The van der Waals surface area contributed by atoms with Gasteiger partial charge in [-0.3, -0.25) is 9.63 Å². The van der Waals surface area contributed by atoms with Gasteiger partial charge in [-0.15, -0.1) is 5.10 Å². The molecule has 0 saturated heterocycles. The van der Waals surface area contributed by atoms with E-state index in [-0.39, 0.29) is 34.4 Å². The van der Waals surface area contributed by atoms with Crippen LogP contribution in [-0.4, -0.2) is 23.2 Å². The first-order valence-electron chi connectivity index (χ1n) is 8.13. The lowest BCUT2D eigenvalue weighted by atomic mass is 9.71. The predicted octanol–water partition coefficient (Wildman–Crippen LogP) is 2.47. The minimum absolute atomic E-state index is 0.152. The van der Waals surface area contributed by atoms with E-state index in [1.165, 1.54) is 25.3 Å². The summed E-state index contributed by atoms with van der Waals surface area (Å²) in [6.07, 6.45) is 0.867. The maximum atomic E-state index is 14.1. The van der Waals surface area contributed by atoms with Gasteiger partial charge in [0, 0.05) is 0 Å². The topological polar surface area (TPSA) is 64.1 Å². The molecule has 5 rings (SSSR count). The summed E-state index contributed by atoms with van der Waals surface area (Å²) in [4.78, 5) is 17.5. The third kappa shape index (κ3) is 1.41. The molecule has 1 aromatic heterocycles. The van der Waals surface area contributed by atoms with Gasteiger partial charge in [-0.05, 0) is 47.4 Å². The molecule has 1 heterocycles. The number of carbonyl (C=O) groups excluding carboxylic acids is 1. The fourth-order valence-corrected chi connectivity index (χ4v) is 5.39. The van der Waals surface area contributed by atoms with Crippen molar-refractivity contribution in [3.8, 4) is 11.3 Å². The third-order valence-electron chi connectivity index (χ3n) is 6.55. The fraction of sp³-hybridized carbons (Fsp3) is 0.389. The summed E-state index contributed by atoms with van der Waals surface area (Å²) in [5.74, 6) is -1.20. The Morgan fingerprint density at radius 1 is 1.32 bits per heavy atom. The van der Waals surface area contributed by atoms with E-state index in [9.17, 15) is 13.6 Å². The van der Waals surface area contributed by atoms with Gasteiger partial charge in [0.15, 0.2) is 0 Å². The number of fused-ring (bicyclic) bond motifs is 4. The van der Waals surface area contributed by atoms with Crippen molar-refractivity contribution in [3.05, 3.63) is 47.2 Å². The van der Waals surface area contributed by atoms with E-state index in [4.69, 9.17) is 4.84 Å². The molecule has 0 radical (unpaired) electrons. The molecule has 7 heteroatoms. The number of hydrogen-bond donors (Lipinski definition) is 1. The lowest BCUT2D eigenvalue weighted by molar-refractivity contribution is -0.134. The number of hydroxylamine groups is 1. The minimum atomic E-state index is -0.734. The van der Waals surface area contributed by atoms with Gasteiger partial charge in [-0.2, -0.15) is 5.10 Å². The zero-order valence-electron chi connectivity index (χ0n) is 13.6. The van der Waals surface area contributed by atoms with Crippen molar-refractivity contribution in [3.63, 3.8) is 0 Å². The molecule has 2 unspecified atom stereocenters. The first-order chi connectivity index (χ1) is 12.0. The van der Waals surface area contributed by atoms with Crippen molar-refractivity contribution in [2.75, 3.05) is 7.11 Å². The zero-order valence-corrected chi connectivity index (χ0v) is 13.6. The van der Waals surface area contributed by atoms with Crippen molar-refractivity contribution < 1.29 is 18.4 Å². The van der Waals surface area contributed by atoms with Gasteiger partial charge in [-0.1, -0.05) is 13.0 Å². The van der Waals surface area contributed by atoms with E-state index in [0.29, 0.717) is 5.69 Å². The van der Waals surface area contributed by atoms with Gasteiger partial charge in [0.1, 0.15) is 17.0 Å². The molecule has 2 fully saturated rings. The molecule has 0 spiro atoms. The van der Waals surface area contributed by atoms with Crippen LogP contribution in [0.15, 0.2) is 24.3 Å². The first kappa shape index (κ1) is 14.9.